The zero-order valence-electron chi connectivity index (χ0n) is 13.1. The lowest BCUT2D eigenvalue weighted by molar-refractivity contribution is 0.484. The van der Waals surface area contributed by atoms with E-state index >= 15 is 0 Å². The second-order valence-electron chi connectivity index (χ2n) is 5.65. The average Bonchev–Trinajstić information content (AvgIpc) is 2.32. The van der Waals surface area contributed by atoms with Crippen molar-refractivity contribution in [1.82, 2.24) is 5.32 Å². The van der Waals surface area contributed by atoms with Crippen LogP contribution in [0.5, 0.6) is 0 Å². The maximum Gasteiger partial charge on any atom is 0.147 e. The normalized spacial score (nSPS) is 13.4. The first-order chi connectivity index (χ1) is 9.31. The molecule has 20 heavy (non-hydrogen) atoms. The number of hydrogen-bond acceptors (Lipinski definition) is 3. The number of benzene rings is 1. The first-order valence-corrected chi connectivity index (χ1v) is 9.35. The Labute approximate surface area is 123 Å². The highest BCUT2D eigenvalue weighted by atomic mass is 32.2. The van der Waals surface area contributed by atoms with Crippen molar-refractivity contribution in [2.45, 2.75) is 46.1 Å². The van der Waals surface area contributed by atoms with Gasteiger partial charge in [-0.1, -0.05) is 25.1 Å². The van der Waals surface area contributed by atoms with Crippen molar-refractivity contribution in [2.75, 3.05) is 18.6 Å². The fourth-order valence-corrected chi connectivity index (χ4v) is 3.06. The highest BCUT2D eigenvalue weighted by molar-refractivity contribution is 7.90. The molecule has 4 heteroatoms. The first kappa shape index (κ1) is 17.2. The molecule has 0 saturated carbocycles. The standard InChI is InChI=1S/C16H27NO2S/c1-5-17-16(7-6-10-20(4,18)19)12-15-9-8-13(2)14(3)11-15/h8-9,11,16-17H,5-7,10,12H2,1-4H3. The Morgan fingerprint density at radius 1 is 1.20 bits per heavy atom. The van der Waals surface area contributed by atoms with Crippen LogP contribution in [0.25, 0.3) is 0 Å². The molecule has 0 radical (unpaired) electrons. The van der Waals surface area contributed by atoms with Crippen LogP contribution < -0.4 is 5.32 Å². The molecule has 0 heterocycles. The molecule has 0 aliphatic rings. The molecule has 1 aromatic rings. The summed E-state index contributed by atoms with van der Waals surface area (Å²) in [5, 5.41) is 3.46. The largest absolute Gasteiger partial charge is 0.314 e. The van der Waals surface area contributed by atoms with E-state index in [1.54, 1.807) is 0 Å². The highest BCUT2D eigenvalue weighted by Crippen LogP contribution is 2.13. The summed E-state index contributed by atoms with van der Waals surface area (Å²) in [6, 6.07) is 6.91. The first-order valence-electron chi connectivity index (χ1n) is 7.29. The topological polar surface area (TPSA) is 46.2 Å². The molecular weight excluding hydrogens is 270 g/mol. The monoisotopic (exact) mass is 297 g/mol. The molecule has 1 atom stereocenters. The van der Waals surface area contributed by atoms with Gasteiger partial charge < -0.3 is 5.32 Å². The van der Waals surface area contributed by atoms with Gasteiger partial charge in [-0.05, 0) is 56.3 Å². The van der Waals surface area contributed by atoms with Crippen LogP contribution in [0, 0.1) is 13.8 Å². The van der Waals surface area contributed by atoms with Gasteiger partial charge in [-0.2, -0.15) is 0 Å². The SMILES string of the molecule is CCNC(CCCS(C)(=O)=O)Cc1ccc(C)c(C)c1. The van der Waals surface area contributed by atoms with E-state index in [9.17, 15) is 8.42 Å². The number of nitrogens with one attached hydrogen (secondary N) is 1. The third-order valence-corrected chi connectivity index (χ3v) is 4.64. The van der Waals surface area contributed by atoms with Gasteiger partial charge in [0.15, 0.2) is 0 Å². The summed E-state index contributed by atoms with van der Waals surface area (Å²) < 4.78 is 22.4. The second-order valence-corrected chi connectivity index (χ2v) is 7.91. The molecule has 0 fully saturated rings. The number of hydrogen-bond donors (Lipinski definition) is 1. The van der Waals surface area contributed by atoms with E-state index in [0.29, 0.717) is 6.04 Å². The van der Waals surface area contributed by atoms with E-state index in [0.717, 1.165) is 25.8 Å². The molecule has 0 spiro atoms. The Balaban J connectivity index is 2.59. The van der Waals surface area contributed by atoms with Crippen molar-refractivity contribution in [1.29, 1.82) is 0 Å². The second kappa shape index (κ2) is 7.79. The Kier molecular flexibility index (Phi) is 6.69. The highest BCUT2D eigenvalue weighted by Gasteiger charge is 2.11. The summed E-state index contributed by atoms with van der Waals surface area (Å²) >= 11 is 0. The average molecular weight is 297 g/mol. The number of rotatable bonds is 8. The van der Waals surface area contributed by atoms with Gasteiger partial charge in [-0.25, -0.2) is 8.42 Å². The zero-order valence-corrected chi connectivity index (χ0v) is 13.9. The van der Waals surface area contributed by atoms with Crippen molar-refractivity contribution in [3.63, 3.8) is 0 Å². The van der Waals surface area contributed by atoms with Crippen LogP contribution in [-0.2, 0) is 16.3 Å². The van der Waals surface area contributed by atoms with Gasteiger partial charge in [0.25, 0.3) is 0 Å². The smallest absolute Gasteiger partial charge is 0.147 e. The van der Waals surface area contributed by atoms with Crippen molar-refractivity contribution < 1.29 is 8.42 Å². The Hall–Kier alpha value is -0.870. The predicted molar refractivity (Wildman–Crippen MR) is 86.0 cm³/mol. The summed E-state index contributed by atoms with van der Waals surface area (Å²) in [6.45, 7) is 7.25. The van der Waals surface area contributed by atoms with E-state index in [1.807, 2.05) is 0 Å². The molecule has 114 valence electrons. The molecule has 0 amide bonds. The van der Waals surface area contributed by atoms with Crippen molar-refractivity contribution in [2.24, 2.45) is 0 Å². The van der Waals surface area contributed by atoms with Crippen LogP contribution in [0.15, 0.2) is 18.2 Å². The minimum atomic E-state index is -2.85. The van der Waals surface area contributed by atoms with Gasteiger partial charge in [-0.3, -0.25) is 0 Å². The Bertz CT molecular complexity index is 523. The maximum absolute atomic E-state index is 11.2. The Morgan fingerprint density at radius 2 is 1.90 bits per heavy atom. The molecule has 0 aromatic heterocycles. The van der Waals surface area contributed by atoms with Crippen LogP contribution in [-0.4, -0.2) is 33.0 Å². The summed E-state index contributed by atoms with van der Waals surface area (Å²) in [5.74, 6) is 0.280. The van der Waals surface area contributed by atoms with Gasteiger partial charge in [0.05, 0.1) is 0 Å². The molecule has 0 aliphatic heterocycles. The van der Waals surface area contributed by atoms with Crippen LogP contribution in [0.3, 0.4) is 0 Å². The summed E-state index contributed by atoms with van der Waals surface area (Å²) in [5.41, 5.74) is 3.94. The summed E-state index contributed by atoms with van der Waals surface area (Å²) in [7, 11) is -2.85. The van der Waals surface area contributed by atoms with E-state index in [2.05, 4.69) is 44.3 Å². The summed E-state index contributed by atoms with van der Waals surface area (Å²) in [4.78, 5) is 0. The van der Waals surface area contributed by atoms with Gasteiger partial charge in [0.2, 0.25) is 0 Å². The number of aryl methyl sites for hydroxylation is 2. The van der Waals surface area contributed by atoms with E-state index in [4.69, 9.17) is 0 Å². The van der Waals surface area contributed by atoms with Gasteiger partial charge in [0.1, 0.15) is 9.84 Å². The molecule has 1 aromatic carbocycles. The molecule has 0 aliphatic carbocycles. The third-order valence-electron chi connectivity index (χ3n) is 3.61. The fraction of sp³-hybridized carbons (Fsp3) is 0.625. The van der Waals surface area contributed by atoms with Gasteiger partial charge in [-0.15, -0.1) is 0 Å². The lowest BCUT2D eigenvalue weighted by atomic mass is 9.98. The molecule has 0 bridgehead atoms. The minimum Gasteiger partial charge on any atom is -0.314 e. The maximum atomic E-state index is 11.2. The van der Waals surface area contributed by atoms with Gasteiger partial charge >= 0.3 is 0 Å². The molecule has 3 nitrogen and oxygen atoms in total. The van der Waals surface area contributed by atoms with Crippen molar-refractivity contribution in [3.05, 3.63) is 34.9 Å². The van der Waals surface area contributed by atoms with Crippen molar-refractivity contribution >= 4 is 9.84 Å². The lowest BCUT2D eigenvalue weighted by Gasteiger charge is -2.18. The van der Waals surface area contributed by atoms with E-state index in [1.165, 1.54) is 22.9 Å². The lowest BCUT2D eigenvalue weighted by Crippen LogP contribution is -2.31. The summed E-state index contributed by atoms with van der Waals surface area (Å²) in [6.07, 6.45) is 3.88. The third kappa shape index (κ3) is 6.53. The van der Waals surface area contributed by atoms with Crippen LogP contribution in [0.1, 0.15) is 36.5 Å². The Morgan fingerprint density at radius 3 is 2.45 bits per heavy atom. The molecule has 1 rings (SSSR count). The molecule has 1 unspecified atom stereocenters. The fourth-order valence-electron chi connectivity index (χ4n) is 2.37. The van der Waals surface area contributed by atoms with E-state index in [-0.39, 0.29) is 5.75 Å². The molecule has 0 saturated heterocycles. The molecule has 1 N–H and O–H groups in total. The van der Waals surface area contributed by atoms with Crippen LogP contribution in [0.4, 0.5) is 0 Å². The van der Waals surface area contributed by atoms with Crippen LogP contribution in [0.2, 0.25) is 0 Å². The number of likely N-dealkylation sites (N-methyl/N-ethyl adjacent to an activating group) is 1. The predicted octanol–water partition coefficient (Wildman–Crippen LogP) is 2.65. The molecular formula is C16H27NO2S. The zero-order chi connectivity index (χ0) is 15.2. The van der Waals surface area contributed by atoms with Crippen LogP contribution >= 0.6 is 0 Å². The van der Waals surface area contributed by atoms with Gasteiger partial charge in [0, 0.05) is 18.1 Å². The quantitative estimate of drug-likeness (QED) is 0.802. The van der Waals surface area contributed by atoms with E-state index < -0.39 is 9.84 Å². The minimum absolute atomic E-state index is 0.280. The van der Waals surface area contributed by atoms with Crippen molar-refractivity contribution in [3.8, 4) is 0 Å². The number of sulfone groups is 1.